The van der Waals surface area contributed by atoms with Crippen molar-refractivity contribution in [3.05, 3.63) is 35.4 Å². The number of carbonyl (C=O) groups excluding carboxylic acids is 1. The van der Waals surface area contributed by atoms with E-state index >= 15 is 0 Å². The monoisotopic (exact) mass is 345 g/mol. The fraction of sp³-hybridized carbons (Fsp3) is 0.650. The Morgan fingerprint density at radius 3 is 2.36 bits per heavy atom. The first-order valence-corrected chi connectivity index (χ1v) is 9.50. The van der Waals surface area contributed by atoms with E-state index in [1.54, 1.807) is 0 Å². The highest BCUT2D eigenvalue weighted by molar-refractivity contribution is 5.83. The predicted molar refractivity (Wildman–Crippen MR) is 99.7 cm³/mol. The van der Waals surface area contributed by atoms with Gasteiger partial charge in [-0.3, -0.25) is 9.69 Å². The number of amides is 1. The highest BCUT2D eigenvalue weighted by Crippen LogP contribution is 2.28. The van der Waals surface area contributed by atoms with Crippen molar-refractivity contribution in [2.75, 3.05) is 45.9 Å². The normalized spacial score (nSPS) is 23.7. The molecule has 1 aromatic rings. The molecular weight excluding hydrogens is 314 g/mol. The van der Waals surface area contributed by atoms with Crippen LogP contribution in [-0.2, 0) is 9.53 Å². The lowest BCUT2D eigenvalue weighted by molar-refractivity contribution is -0.142. The molecule has 2 fully saturated rings. The van der Waals surface area contributed by atoms with E-state index in [1.165, 1.54) is 5.56 Å². The molecule has 0 aromatic heterocycles. The summed E-state index contributed by atoms with van der Waals surface area (Å²) in [6.45, 7) is 12.0. The van der Waals surface area contributed by atoms with Crippen LogP contribution in [0.15, 0.2) is 24.3 Å². The van der Waals surface area contributed by atoms with Gasteiger partial charge in [0.1, 0.15) is 6.04 Å². The van der Waals surface area contributed by atoms with Gasteiger partial charge in [0, 0.05) is 38.8 Å². The Kier molecular flexibility index (Phi) is 6.10. The molecule has 2 aliphatic rings. The summed E-state index contributed by atoms with van der Waals surface area (Å²) in [6.07, 6.45) is 0. The molecule has 2 saturated heterocycles. The third kappa shape index (κ3) is 4.22. The first kappa shape index (κ1) is 18.4. The summed E-state index contributed by atoms with van der Waals surface area (Å²) in [4.78, 5) is 17.7. The molecule has 0 saturated carbocycles. The molecule has 2 unspecified atom stereocenters. The highest BCUT2D eigenvalue weighted by atomic mass is 16.5. The van der Waals surface area contributed by atoms with Crippen molar-refractivity contribution < 1.29 is 9.53 Å². The second kappa shape index (κ2) is 8.30. The van der Waals surface area contributed by atoms with Gasteiger partial charge in [0.05, 0.1) is 13.2 Å². The second-order valence-corrected chi connectivity index (χ2v) is 7.45. The zero-order chi connectivity index (χ0) is 17.8. The lowest BCUT2D eigenvalue weighted by Gasteiger charge is -2.41. The maximum absolute atomic E-state index is 13.4. The molecule has 1 N–H and O–H groups in total. The summed E-state index contributed by atoms with van der Waals surface area (Å²) in [5.41, 5.74) is 2.42. The van der Waals surface area contributed by atoms with Crippen molar-refractivity contribution >= 4 is 5.91 Å². The highest BCUT2D eigenvalue weighted by Gasteiger charge is 2.35. The van der Waals surface area contributed by atoms with Crippen molar-refractivity contribution in [3.63, 3.8) is 0 Å². The first-order chi connectivity index (χ1) is 12.1. The molecule has 2 atom stereocenters. The van der Waals surface area contributed by atoms with Crippen LogP contribution in [0.25, 0.3) is 0 Å². The minimum Gasteiger partial charge on any atom is -0.378 e. The molecule has 0 bridgehead atoms. The molecule has 3 rings (SSSR count). The van der Waals surface area contributed by atoms with Crippen molar-refractivity contribution in [3.8, 4) is 0 Å². The summed E-state index contributed by atoms with van der Waals surface area (Å²) < 4.78 is 5.43. The van der Waals surface area contributed by atoms with E-state index in [1.807, 2.05) is 4.90 Å². The Morgan fingerprint density at radius 2 is 1.76 bits per heavy atom. The van der Waals surface area contributed by atoms with Crippen LogP contribution in [0, 0.1) is 0 Å². The Labute approximate surface area is 151 Å². The minimum absolute atomic E-state index is 0.198. The number of benzene rings is 1. The number of morpholine rings is 1. The maximum Gasteiger partial charge on any atom is 0.244 e. The smallest absolute Gasteiger partial charge is 0.244 e. The van der Waals surface area contributed by atoms with Gasteiger partial charge in [-0.2, -0.15) is 0 Å². The quantitative estimate of drug-likeness (QED) is 0.907. The van der Waals surface area contributed by atoms with Gasteiger partial charge in [0.25, 0.3) is 0 Å². The summed E-state index contributed by atoms with van der Waals surface area (Å²) >= 11 is 0. The number of carbonyl (C=O) groups is 1. The topological polar surface area (TPSA) is 44.8 Å². The summed E-state index contributed by atoms with van der Waals surface area (Å²) in [7, 11) is 0. The number of hydrogen-bond donors (Lipinski definition) is 1. The van der Waals surface area contributed by atoms with Crippen LogP contribution < -0.4 is 5.32 Å². The minimum atomic E-state index is -0.198. The van der Waals surface area contributed by atoms with Crippen LogP contribution in [0.5, 0.6) is 0 Å². The van der Waals surface area contributed by atoms with Gasteiger partial charge in [0.2, 0.25) is 5.91 Å². The Balaban J connectivity index is 1.88. The molecule has 1 amide bonds. The number of nitrogens with one attached hydrogen (secondary N) is 1. The fourth-order valence-electron chi connectivity index (χ4n) is 3.74. The van der Waals surface area contributed by atoms with Gasteiger partial charge >= 0.3 is 0 Å². The molecule has 25 heavy (non-hydrogen) atoms. The van der Waals surface area contributed by atoms with Gasteiger partial charge in [-0.05, 0) is 24.0 Å². The predicted octanol–water partition coefficient (Wildman–Crippen LogP) is 2.00. The molecule has 0 aliphatic carbocycles. The van der Waals surface area contributed by atoms with E-state index < -0.39 is 0 Å². The van der Waals surface area contributed by atoms with Crippen molar-refractivity contribution in [2.24, 2.45) is 0 Å². The molecule has 2 heterocycles. The zero-order valence-corrected chi connectivity index (χ0v) is 15.7. The number of piperazine rings is 1. The molecule has 0 spiro atoms. The van der Waals surface area contributed by atoms with Crippen LogP contribution in [0.1, 0.15) is 43.9 Å². The van der Waals surface area contributed by atoms with Crippen molar-refractivity contribution in [2.45, 2.75) is 38.8 Å². The largest absolute Gasteiger partial charge is 0.378 e. The molecule has 2 aliphatic heterocycles. The van der Waals surface area contributed by atoms with Gasteiger partial charge < -0.3 is 15.0 Å². The summed E-state index contributed by atoms with van der Waals surface area (Å²) in [5, 5.41) is 3.43. The number of hydrogen-bond acceptors (Lipinski definition) is 4. The van der Waals surface area contributed by atoms with Crippen LogP contribution in [0.4, 0.5) is 0 Å². The van der Waals surface area contributed by atoms with E-state index in [0.717, 1.165) is 25.2 Å². The van der Waals surface area contributed by atoms with Gasteiger partial charge in [-0.25, -0.2) is 0 Å². The molecule has 138 valence electrons. The van der Waals surface area contributed by atoms with Gasteiger partial charge in [0.15, 0.2) is 0 Å². The SMILES string of the molecule is CC(C)c1ccc(C(C(=O)N2CCOCC2)N2CCNCC2C)cc1. The summed E-state index contributed by atoms with van der Waals surface area (Å²) in [6, 6.07) is 8.78. The maximum atomic E-state index is 13.4. The van der Waals surface area contributed by atoms with E-state index in [-0.39, 0.29) is 11.9 Å². The van der Waals surface area contributed by atoms with Crippen LogP contribution in [0.2, 0.25) is 0 Å². The average molecular weight is 345 g/mol. The van der Waals surface area contributed by atoms with Crippen molar-refractivity contribution in [1.29, 1.82) is 0 Å². The molecular formula is C20H31N3O2. The third-order valence-electron chi connectivity index (χ3n) is 5.36. The standard InChI is InChI=1S/C20H31N3O2/c1-15(2)17-4-6-18(7-5-17)19(23-9-8-21-14-16(23)3)20(24)22-10-12-25-13-11-22/h4-7,15-16,19,21H,8-14H2,1-3H3. The van der Waals surface area contributed by atoms with Crippen molar-refractivity contribution in [1.82, 2.24) is 15.1 Å². The fourth-order valence-corrected chi connectivity index (χ4v) is 3.74. The van der Waals surface area contributed by atoms with E-state index in [4.69, 9.17) is 4.74 Å². The molecule has 0 radical (unpaired) electrons. The lowest BCUT2D eigenvalue weighted by Crippen LogP contribution is -2.55. The van der Waals surface area contributed by atoms with E-state index in [0.29, 0.717) is 38.3 Å². The molecule has 5 heteroatoms. The number of nitrogens with zero attached hydrogens (tertiary/aromatic N) is 2. The van der Waals surface area contributed by atoms with E-state index in [9.17, 15) is 4.79 Å². The summed E-state index contributed by atoms with van der Waals surface area (Å²) in [5.74, 6) is 0.718. The first-order valence-electron chi connectivity index (χ1n) is 9.50. The second-order valence-electron chi connectivity index (χ2n) is 7.45. The van der Waals surface area contributed by atoms with Crippen LogP contribution in [-0.4, -0.2) is 67.7 Å². The van der Waals surface area contributed by atoms with Crippen LogP contribution in [0.3, 0.4) is 0 Å². The van der Waals surface area contributed by atoms with Gasteiger partial charge in [-0.1, -0.05) is 38.1 Å². The zero-order valence-electron chi connectivity index (χ0n) is 15.7. The van der Waals surface area contributed by atoms with Gasteiger partial charge in [-0.15, -0.1) is 0 Å². The Morgan fingerprint density at radius 1 is 1.12 bits per heavy atom. The average Bonchev–Trinajstić information content (AvgIpc) is 2.64. The van der Waals surface area contributed by atoms with Crippen LogP contribution >= 0.6 is 0 Å². The number of rotatable bonds is 4. The lowest BCUT2D eigenvalue weighted by atomic mass is 9.96. The Hall–Kier alpha value is -1.43. The molecule has 1 aromatic carbocycles. The number of ether oxygens (including phenoxy) is 1. The molecule has 5 nitrogen and oxygen atoms in total. The third-order valence-corrected chi connectivity index (χ3v) is 5.36. The Bertz CT molecular complexity index is 567. The van der Waals surface area contributed by atoms with E-state index in [2.05, 4.69) is 55.3 Å².